The average molecular weight is 411 g/mol. The normalized spacial score (nSPS) is 10.9. The standard InChI is InChI=1S/C22H21NO5S/c1-2-27-20-15-9-10-16-21(20)28-17-22(24)23(18-11-5-3-6-12-18)29(25,26)19-13-7-4-8-14-19/h3-16H,2,17H2,1H3. The van der Waals surface area contributed by atoms with Crippen molar-refractivity contribution in [1.29, 1.82) is 0 Å². The number of carbonyl (C=O) groups is 1. The van der Waals surface area contributed by atoms with E-state index in [1.807, 2.05) is 6.92 Å². The summed E-state index contributed by atoms with van der Waals surface area (Å²) in [4.78, 5) is 13.0. The lowest BCUT2D eigenvalue weighted by atomic mass is 10.3. The van der Waals surface area contributed by atoms with Crippen LogP contribution in [0.4, 0.5) is 5.69 Å². The van der Waals surface area contributed by atoms with Crippen LogP contribution in [-0.4, -0.2) is 27.5 Å². The van der Waals surface area contributed by atoms with Crippen molar-refractivity contribution in [3.05, 3.63) is 84.9 Å². The molecule has 7 heteroatoms. The number of sulfonamides is 1. The molecule has 0 heterocycles. The highest BCUT2D eigenvalue weighted by Gasteiger charge is 2.31. The van der Waals surface area contributed by atoms with E-state index in [2.05, 4.69) is 0 Å². The summed E-state index contributed by atoms with van der Waals surface area (Å²) >= 11 is 0. The van der Waals surface area contributed by atoms with E-state index in [9.17, 15) is 13.2 Å². The van der Waals surface area contributed by atoms with Gasteiger partial charge in [0.05, 0.1) is 17.2 Å². The van der Waals surface area contributed by atoms with Gasteiger partial charge in [-0.1, -0.05) is 48.5 Å². The zero-order valence-corrected chi connectivity index (χ0v) is 16.7. The first-order valence-corrected chi connectivity index (χ1v) is 10.5. The van der Waals surface area contributed by atoms with Crippen LogP contribution in [0.25, 0.3) is 0 Å². The minimum Gasteiger partial charge on any atom is -0.490 e. The Hall–Kier alpha value is -3.32. The SMILES string of the molecule is CCOc1ccccc1OCC(=O)N(c1ccccc1)S(=O)(=O)c1ccccc1. The lowest BCUT2D eigenvalue weighted by molar-refractivity contribution is -0.119. The number of amides is 1. The van der Waals surface area contributed by atoms with Crippen molar-refractivity contribution in [2.24, 2.45) is 0 Å². The third-order valence-corrected chi connectivity index (χ3v) is 5.76. The monoisotopic (exact) mass is 411 g/mol. The minimum atomic E-state index is -4.11. The van der Waals surface area contributed by atoms with Crippen molar-refractivity contribution in [2.75, 3.05) is 17.5 Å². The highest BCUT2D eigenvalue weighted by molar-refractivity contribution is 7.93. The number of hydrogen-bond donors (Lipinski definition) is 0. The molecule has 6 nitrogen and oxygen atoms in total. The van der Waals surface area contributed by atoms with E-state index in [0.717, 1.165) is 4.31 Å². The van der Waals surface area contributed by atoms with Crippen LogP contribution in [0.15, 0.2) is 89.8 Å². The summed E-state index contributed by atoms with van der Waals surface area (Å²) in [5.74, 6) is 0.138. The maximum absolute atomic E-state index is 13.2. The number of rotatable bonds is 8. The van der Waals surface area contributed by atoms with Crippen molar-refractivity contribution >= 4 is 21.6 Å². The van der Waals surface area contributed by atoms with Gasteiger partial charge in [0.25, 0.3) is 15.9 Å². The predicted octanol–water partition coefficient (Wildman–Crippen LogP) is 3.89. The molecule has 29 heavy (non-hydrogen) atoms. The average Bonchev–Trinajstić information content (AvgIpc) is 2.75. The van der Waals surface area contributed by atoms with E-state index in [1.165, 1.54) is 12.1 Å². The lowest BCUT2D eigenvalue weighted by Gasteiger charge is -2.23. The quantitative estimate of drug-likeness (QED) is 0.562. The molecule has 0 spiro atoms. The van der Waals surface area contributed by atoms with Gasteiger partial charge in [-0.2, -0.15) is 4.31 Å². The van der Waals surface area contributed by atoms with E-state index in [4.69, 9.17) is 9.47 Å². The van der Waals surface area contributed by atoms with E-state index < -0.39 is 22.5 Å². The van der Waals surface area contributed by atoms with Gasteiger partial charge in [-0.05, 0) is 43.3 Å². The first-order valence-electron chi connectivity index (χ1n) is 9.07. The van der Waals surface area contributed by atoms with Gasteiger partial charge in [-0.15, -0.1) is 0 Å². The fraction of sp³-hybridized carbons (Fsp3) is 0.136. The van der Waals surface area contributed by atoms with Crippen molar-refractivity contribution in [2.45, 2.75) is 11.8 Å². The van der Waals surface area contributed by atoms with E-state index in [1.54, 1.807) is 72.8 Å². The lowest BCUT2D eigenvalue weighted by Crippen LogP contribution is -2.40. The second-order valence-corrected chi connectivity index (χ2v) is 7.77. The largest absolute Gasteiger partial charge is 0.490 e. The second kappa shape index (κ2) is 9.25. The van der Waals surface area contributed by atoms with Crippen LogP contribution in [0.3, 0.4) is 0 Å². The summed E-state index contributed by atoms with van der Waals surface area (Å²) in [5, 5.41) is 0. The molecule has 0 aromatic heterocycles. The van der Waals surface area contributed by atoms with Crippen LogP contribution in [-0.2, 0) is 14.8 Å². The molecule has 3 aromatic carbocycles. The van der Waals surface area contributed by atoms with Gasteiger partial charge >= 0.3 is 0 Å². The molecule has 1 amide bonds. The van der Waals surface area contributed by atoms with Crippen LogP contribution in [0.2, 0.25) is 0 Å². The number of hydrogen-bond acceptors (Lipinski definition) is 5. The molecule has 0 fully saturated rings. The Morgan fingerprint density at radius 2 is 1.31 bits per heavy atom. The van der Waals surface area contributed by atoms with Crippen LogP contribution in [0.5, 0.6) is 11.5 Å². The Morgan fingerprint density at radius 1 is 0.793 bits per heavy atom. The highest BCUT2D eigenvalue weighted by atomic mass is 32.2. The smallest absolute Gasteiger partial charge is 0.278 e. The molecule has 0 radical (unpaired) electrons. The first-order chi connectivity index (χ1) is 14.0. The second-order valence-electron chi connectivity index (χ2n) is 5.98. The van der Waals surface area contributed by atoms with Crippen molar-refractivity contribution < 1.29 is 22.7 Å². The predicted molar refractivity (Wildman–Crippen MR) is 111 cm³/mol. The summed E-state index contributed by atoms with van der Waals surface area (Å²) in [6.07, 6.45) is 0. The molecule has 0 aliphatic carbocycles. The van der Waals surface area contributed by atoms with Crippen molar-refractivity contribution in [1.82, 2.24) is 0 Å². The van der Waals surface area contributed by atoms with Gasteiger partial charge in [0.1, 0.15) is 0 Å². The molecule has 0 atom stereocenters. The Morgan fingerprint density at radius 3 is 1.90 bits per heavy atom. The number of anilines is 1. The van der Waals surface area contributed by atoms with Gasteiger partial charge < -0.3 is 9.47 Å². The maximum atomic E-state index is 13.2. The van der Waals surface area contributed by atoms with Crippen LogP contribution >= 0.6 is 0 Å². The first kappa shape index (κ1) is 20.4. The molecule has 0 unspecified atom stereocenters. The Balaban J connectivity index is 1.91. The number of nitrogens with zero attached hydrogens (tertiary/aromatic N) is 1. The molecule has 3 aromatic rings. The molecular weight excluding hydrogens is 390 g/mol. The minimum absolute atomic E-state index is 0.0203. The molecule has 0 bridgehead atoms. The number of ether oxygens (including phenoxy) is 2. The van der Waals surface area contributed by atoms with Gasteiger partial charge in [0, 0.05) is 0 Å². The van der Waals surface area contributed by atoms with E-state index >= 15 is 0 Å². The molecule has 0 saturated carbocycles. The van der Waals surface area contributed by atoms with Crippen molar-refractivity contribution in [3.8, 4) is 11.5 Å². The Kier molecular flexibility index (Phi) is 6.51. The number of para-hydroxylation sites is 3. The van der Waals surface area contributed by atoms with Gasteiger partial charge in [0.15, 0.2) is 18.1 Å². The van der Waals surface area contributed by atoms with Gasteiger partial charge in [-0.25, -0.2) is 8.42 Å². The van der Waals surface area contributed by atoms with Crippen LogP contribution in [0.1, 0.15) is 6.92 Å². The molecule has 150 valence electrons. The zero-order valence-electron chi connectivity index (χ0n) is 15.9. The van der Waals surface area contributed by atoms with Crippen LogP contribution < -0.4 is 13.8 Å². The fourth-order valence-electron chi connectivity index (χ4n) is 2.72. The van der Waals surface area contributed by atoms with E-state index in [-0.39, 0.29) is 10.6 Å². The summed E-state index contributed by atoms with van der Waals surface area (Å²) < 4.78 is 38.2. The third kappa shape index (κ3) is 4.75. The topological polar surface area (TPSA) is 72.9 Å². The Labute approximate surface area is 170 Å². The summed E-state index contributed by atoms with van der Waals surface area (Å²) in [6, 6.07) is 22.9. The zero-order chi connectivity index (χ0) is 20.7. The third-order valence-electron chi connectivity index (χ3n) is 4.00. The number of benzene rings is 3. The summed E-state index contributed by atoms with van der Waals surface area (Å²) in [6.45, 7) is 1.81. The maximum Gasteiger partial charge on any atom is 0.278 e. The number of carbonyl (C=O) groups excluding carboxylic acids is 1. The van der Waals surface area contributed by atoms with Crippen molar-refractivity contribution in [3.63, 3.8) is 0 Å². The molecule has 0 aliphatic rings. The van der Waals surface area contributed by atoms with Gasteiger partial charge in [-0.3, -0.25) is 4.79 Å². The summed E-state index contributed by atoms with van der Waals surface area (Å²) in [7, 11) is -4.11. The molecular formula is C22H21NO5S. The fourth-order valence-corrected chi connectivity index (χ4v) is 4.15. The highest BCUT2D eigenvalue weighted by Crippen LogP contribution is 2.28. The van der Waals surface area contributed by atoms with Crippen LogP contribution in [0, 0.1) is 0 Å². The molecule has 3 rings (SSSR count). The molecule has 0 N–H and O–H groups in total. The molecule has 0 saturated heterocycles. The summed E-state index contributed by atoms with van der Waals surface area (Å²) in [5.41, 5.74) is 0.239. The molecule has 0 aliphatic heterocycles. The Bertz CT molecular complexity index is 1050. The van der Waals surface area contributed by atoms with E-state index in [0.29, 0.717) is 18.1 Å². The van der Waals surface area contributed by atoms with Gasteiger partial charge in [0.2, 0.25) is 0 Å².